The fourth-order valence-electron chi connectivity index (χ4n) is 9.97. The third-order valence-corrected chi connectivity index (χ3v) is 13.8. The van der Waals surface area contributed by atoms with E-state index in [9.17, 15) is 27.6 Å². The highest BCUT2D eigenvalue weighted by Gasteiger charge is 2.35. The number of nitrogen functional groups attached to an aromatic ring is 2. The smallest absolute Gasteiger partial charge is 0.264 e. The van der Waals surface area contributed by atoms with Gasteiger partial charge in [0.1, 0.15) is 76.4 Å². The van der Waals surface area contributed by atoms with Crippen molar-refractivity contribution in [3.8, 4) is 28.3 Å². The molecule has 2 saturated carbocycles. The van der Waals surface area contributed by atoms with E-state index in [1.807, 2.05) is 39.0 Å². The van der Waals surface area contributed by atoms with Crippen LogP contribution in [-0.4, -0.2) is 71.6 Å². The highest BCUT2D eigenvalue weighted by Crippen LogP contribution is 2.41. The SMILES string of the molecule is CCC(c1nc2cc(F)c(F)cc2c(=O)n1C1CC1)n1nc(-c2ccc(NC(C)=O)cc2)c2c(N)ncnc21.CCC(c1nc2cccc(F)c2c(=O)n1C1CC1)n1nc(-c2ccc(OC)c(C)c2)c2c(N)ncnc21. The molecule has 0 aliphatic heterocycles. The van der Waals surface area contributed by atoms with E-state index in [-0.39, 0.29) is 45.7 Å². The van der Waals surface area contributed by atoms with E-state index in [2.05, 4.69) is 30.2 Å². The number of aryl methyl sites for hydroxylation is 1. The summed E-state index contributed by atoms with van der Waals surface area (Å²) in [4.78, 5) is 65.4. The molecule has 19 nitrogen and oxygen atoms in total. The summed E-state index contributed by atoms with van der Waals surface area (Å²) in [5, 5.41) is 13.8. The lowest BCUT2D eigenvalue weighted by Crippen LogP contribution is -2.29. The molecule has 2 aliphatic carbocycles. The lowest BCUT2D eigenvalue weighted by molar-refractivity contribution is -0.114. The van der Waals surface area contributed by atoms with Crippen molar-refractivity contribution >= 4 is 67.1 Å². The average molecular weight is 1030 g/mol. The van der Waals surface area contributed by atoms with Gasteiger partial charge in [0.25, 0.3) is 11.1 Å². The van der Waals surface area contributed by atoms with Crippen molar-refractivity contribution < 1.29 is 22.7 Å². The van der Waals surface area contributed by atoms with Crippen LogP contribution in [0.5, 0.6) is 5.75 Å². The molecule has 2 unspecified atom stereocenters. The molecule has 6 aromatic heterocycles. The number of benzene rings is 4. The zero-order chi connectivity index (χ0) is 53.3. The van der Waals surface area contributed by atoms with Gasteiger partial charge in [-0.05, 0) is 99.5 Å². The number of amides is 1. The van der Waals surface area contributed by atoms with Crippen LogP contribution < -0.4 is 32.6 Å². The molecular weight excluding hydrogens is 980 g/mol. The van der Waals surface area contributed by atoms with Crippen molar-refractivity contribution in [2.75, 3.05) is 23.9 Å². The number of nitrogens with zero attached hydrogens (tertiary/aromatic N) is 12. The Labute approximate surface area is 430 Å². The summed E-state index contributed by atoms with van der Waals surface area (Å²) < 4.78 is 54.9. The van der Waals surface area contributed by atoms with Crippen LogP contribution in [0.2, 0.25) is 0 Å². The van der Waals surface area contributed by atoms with E-state index in [0.717, 1.165) is 54.7 Å². The number of hydrogen-bond donors (Lipinski definition) is 3. The van der Waals surface area contributed by atoms with Crippen molar-refractivity contribution in [3.05, 3.63) is 141 Å². The van der Waals surface area contributed by atoms with E-state index in [4.69, 9.17) is 31.4 Å². The fourth-order valence-corrected chi connectivity index (χ4v) is 9.97. The number of nitrogens with one attached hydrogen (secondary N) is 1. The maximum Gasteiger partial charge on any atom is 0.264 e. The first kappa shape index (κ1) is 49.1. The number of carbonyl (C=O) groups is 1. The summed E-state index contributed by atoms with van der Waals surface area (Å²) in [6, 6.07) is 18.2. The molecule has 2 atom stereocenters. The van der Waals surface area contributed by atoms with Crippen molar-refractivity contribution in [2.24, 2.45) is 0 Å². The predicted octanol–water partition coefficient (Wildman–Crippen LogP) is 8.93. The van der Waals surface area contributed by atoms with Crippen LogP contribution in [0.1, 0.15) is 101 Å². The van der Waals surface area contributed by atoms with Gasteiger partial charge in [-0.1, -0.05) is 32.0 Å². The lowest BCUT2D eigenvalue weighted by Gasteiger charge is -2.21. The molecule has 2 fully saturated rings. The topological polar surface area (TPSA) is 247 Å². The van der Waals surface area contributed by atoms with Crippen molar-refractivity contribution in [1.82, 2.24) is 58.6 Å². The van der Waals surface area contributed by atoms with Crippen LogP contribution in [0.4, 0.5) is 30.5 Å². The summed E-state index contributed by atoms with van der Waals surface area (Å²) in [5.74, 6) is -0.697. The third kappa shape index (κ3) is 8.57. The number of hydrogen-bond acceptors (Lipinski definition) is 14. The van der Waals surface area contributed by atoms with Crippen molar-refractivity contribution in [1.29, 1.82) is 0 Å². The zero-order valence-corrected chi connectivity index (χ0v) is 41.9. The molecule has 0 bridgehead atoms. The van der Waals surface area contributed by atoms with E-state index < -0.39 is 35.1 Å². The lowest BCUT2D eigenvalue weighted by atomic mass is 10.1. The minimum atomic E-state index is -1.09. The van der Waals surface area contributed by atoms with Crippen LogP contribution >= 0.6 is 0 Å². The Kier molecular flexibility index (Phi) is 12.5. The molecule has 22 heteroatoms. The first-order valence-corrected chi connectivity index (χ1v) is 24.8. The third-order valence-electron chi connectivity index (χ3n) is 13.8. The fraction of sp³-hybridized carbons (Fsp3) is 0.278. The number of ether oxygens (including phenoxy) is 1. The number of aromatic nitrogens is 12. The maximum absolute atomic E-state index is 14.7. The standard InChI is InChI=1S/C27H24F2N8O2.C27H26FN7O2/c1-3-21(25-34-20-11-19(29)18(28)10-17(20)27(39)36(25)16-8-9-16)37-26-22(24(30)31-12-32-26)23(35-37)14-4-6-15(7-5-14)33-13(2)38;1-4-19(25-32-18-7-5-6-17(28)21(18)27(36)34(25)16-9-10-16)35-26-22(24(29)30-13-31-26)23(33-35)15-8-11-20(37-3)14(2)12-15/h4-7,10-12,16,21H,3,8-9H2,1-2H3,(H,33,38)(H2,30,31,32);5-8,11-13,16,19H,4,9-10H2,1-3H3,(H2,29,30,31). The van der Waals surface area contributed by atoms with Gasteiger partial charge in [-0.2, -0.15) is 10.2 Å². The Balaban J connectivity index is 0.000000162. The number of nitrogens with two attached hydrogens (primary N) is 2. The van der Waals surface area contributed by atoms with Gasteiger partial charge >= 0.3 is 0 Å². The molecule has 2 aliphatic rings. The molecule has 76 heavy (non-hydrogen) atoms. The normalized spacial score (nSPS) is 14.3. The molecule has 0 spiro atoms. The van der Waals surface area contributed by atoms with Crippen LogP contribution in [-0.2, 0) is 4.79 Å². The average Bonchev–Trinajstić information content (AvgIpc) is 4.34. The summed E-state index contributed by atoms with van der Waals surface area (Å²) in [6.45, 7) is 7.31. The van der Waals surface area contributed by atoms with Crippen molar-refractivity contribution in [2.45, 2.75) is 90.4 Å². The van der Waals surface area contributed by atoms with Gasteiger partial charge in [-0.15, -0.1) is 0 Å². The second-order valence-corrected chi connectivity index (χ2v) is 19.0. The Morgan fingerprint density at radius 2 is 1.22 bits per heavy atom. The monoisotopic (exact) mass is 1030 g/mol. The second kappa shape index (κ2) is 19.3. The minimum absolute atomic E-state index is 0.0132. The summed E-state index contributed by atoms with van der Waals surface area (Å²) in [5.41, 5.74) is 17.5. The van der Waals surface area contributed by atoms with Gasteiger partial charge in [0.2, 0.25) is 5.91 Å². The van der Waals surface area contributed by atoms with Crippen LogP contribution in [0, 0.1) is 24.4 Å². The second-order valence-electron chi connectivity index (χ2n) is 19.0. The summed E-state index contributed by atoms with van der Waals surface area (Å²) >= 11 is 0. The Hall–Kier alpha value is -9.08. The van der Waals surface area contributed by atoms with E-state index >= 15 is 0 Å². The molecule has 12 rings (SSSR count). The molecular formula is C54H50F3N15O4. The van der Waals surface area contributed by atoms with Gasteiger partial charge in [0.05, 0.1) is 34.3 Å². The van der Waals surface area contributed by atoms with Gasteiger partial charge in [0, 0.05) is 41.9 Å². The van der Waals surface area contributed by atoms with Crippen LogP contribution in [0.25, 0.3) is 66.4 Å². The quantitative estimate of drug-likeness (QED) is 0.103. The van der Waals surface area contributed by atoms with Crippen LogP contribution in [0.15, 0.2) is 95.0 Å². The molecule has 0 saturated heterocycles. The summed E-state index contributed by atoms with van der Waals surface area (Å²) in [7, 11) is 1.63. The number of methoxy groups -OCH3 is 1. The van der Waals surface area contributed by atoms with Gasteiger partial charge in [0.15, 0.2) is 22.9 Å². The predicted molar refractivity (Wildman–Crippen MR) is 281 cm³/mol. The minimum Gasteiger partial charge on any atom is -0.496 e. The highest BCUT2D eigenvalue weighted by molar-refractivity contribution is 6.00. The molecule has 4 aromatic carbocycles. The number of anilines is 3. The first-order valence-electron chi connectivity index (χ1n) is 24.8. The Bertz CT molecular complexity index is 4090. The summed E-state index contributed by atoms with van der Waals surface area (Å²) in [6.07, 6.45) is 7.03. The van der Waals surface area contributed by atoms with E-state index in [1.165, 1.54) is 25.6 Å². The molecule has 6 heterocycles. The molecule has 10 aromatic rings. The molecule has 0 radical (unpaired) electrons. The van der Waals surface area contributed by atoms with E-state index in [1.54, 1.807) is 62.0 Å². The molecule has 5 N–H and O–H groups in total. The Morgan fingerprint density at radius 1 is 0.684 bits per heavy atom. The zero-order valence-electron chi connectivity index (χ0n) is 41.9. The van der Waals surface area contributed by atoms with Gasteiger partial charge in [-0.3, -0.25) is 23.5 Å². The largest absolute Gasteiger partial charge is 0.496 e. The maximum atomic E-state index is 14.7. The number of fused-ring (bicyclic) bond motifs is 4. The van der Waals surface area contributed by atoms with E-state index in [0.29, 0.717) is 80.5 Å². The van der Waals surface area contributed by atoms with Gasteiger partial charge in [-0.25, -0.2) is 52.4 Å². The highest BCUT2D eigenvalue weighted by atomic mass is 19.2. The van der Waals surface area contributed by atoms with Gasteiger partial charge < -0.3 is 21.5 Å². The van der Waals surface area contributed by atoms with Crippen molar-refractivity contribution in [3.63, 3.8) is 0 Å². The first-order chi connectivity index (χ1) is 36.7. The molecule has 1 amide bonds. The molecule has 386 valence electrons. The Morgan fingerprint density at radius 3 is 1.76 bits per heavy atom. The van der Waals surface area contributed by atoms with Crippen LogP contribution in [0.3, 0.4) is 0 Å². The number of rotatable bonds is 12. The number of halogens is 3. The number of carbonyl (C=O) groups excluding carboxylic acids is 1.